The number of rotatable bonds is 0. The average molecular weight is 244 g/mol. The molecule has 1 N–H and O–H groups in total. The molecule has 94 valence electrons. The molecule has 0 aliphatic carbocycles. The molecule has 0 unspecified atom stereocenters. The van der Waals surface area contributed by atoms with Gasteiger partial charge in [0.05, 0.1) is 5.52 Å². The third kappa shape index (κ3) is 1.29. The van der Waals surface area contributed by atoms with Crippen molar-refractivity contribution in [1.29, 1.82) is 0 Å². The first-order valence-electron chi connectivity index (χ1n) is 6.45. The fourth-order valence-electron chi connectivity index (χ4n) is 3.04. The SMILES string of the molecule is Cn1c2c(c3cc4c(cc31)OCCO4)CNCC2. The van der Waals surface area contributed by atoms with Crippen LogP contribution in [0.4, 0.5) is 0 Å². The Morgan fingerprint density at radius 2 is 1.94 bits per heavy atom. The summed E-state index contributed by atoms with van der Waals surface area (Å²) < 4.78 is 13.6. The summed E-state index contributed by atoms with van der Waals surface area (Å²) in [4.78, 5) is 0. The van der Waals surface area contributed by atoms with Gasteiger partial charge in [-0.2, -0.15) is 0 Å². The van der Waals surface area contributed by atoms with Crippen LogP contribution in [-0.2, 0) is 20.0 Å². The summed E-state index contributed by atoms with van der Waals surface area (Å²) in [5, 5.41) is 4.74. The van der Waals surface area contributed by atoms with Crippen molar-refractivity contribution in [3.8, 4) is 11.5 Å². The Morgan fingerprint density at radius 1 is 1.17 bits per heavy atom. The maximum absolute atomic E-state index is 5.68. The summed E-state index contributed by atoms with van der Waals surface area (Å²) >= 11 is 0. The molecule has 2 aromatic rings. The fraction of sp³-hybridized carbons (Fsp3) is 0.429. The highest BCUT2D eigenvalue weighted by Crippen LogP contribution is 2.38. The van der Waals surface area contributed by atoms with E-state index in [0.717, 1.165) is 31.0 Å². The van der Waals surface area contributed by atoms with Gasteiger partial charge in [0.1, 0.15) is 13.2 Å². The Morgan fingerprint density at radius 3 is 2.78 bits per heavy atom. The quantitative estimate of drug-likeness (QED) is 0.764. The van der Waals surface area contributed by atoms with Crippen LogP contribution in [0.2, 0.25) is 0 Å². The molecule has 18 heavy (non-hydrogen) atoms. The molecule has 4 nitrogen and oxygen atoms in total. The summed E-state index contributed by atoms with van der Waals surface area (Å²) in [6, 6.07) is 4.25. The molecule has 0 amide bonds. The second kappa shape index (κ2) is 3.65. The van der Waals surface area contributed by atoms with Gasteiger partial charge in [-0.3, -0.25) is 0 Å². The Hall–Kier alpha value is -1.68. The lowest BCUT2D eigenvalue weighted by atomic mass is 10.1. The molecule has 2 aliphatic heterocycles. The maximum atomic E-state index is 5.68. The van der Waals surface area contributed by atoms with Crippen molar-refractivity contribution in [3.63, 3.8) is 0 Å². The van der Waals surface area contributed by atoms with Crippen molar-refractivity contribution in [1.82, 2.24) is 9.88 Å². The minimum atomic E-state index is 0.643. The molecule has 0 radical (unpaired) electrons. The van der Waals surface area contributed by atoms with E-state index < -0.39 is 0 Å². The topological polar surface area (TPSA) is 35.4 Å². The van der Waals surface area contributed by atoms with E-state index >= 15 is 0 Å². The maximum Gasteiger partial charge on any atom is 0.163 e. The zero-order chi connectivity index (χ0) is 12.1. The average Bonchev–Trinajstić information content (AvgIpc) is 2.71. The highest BCUT2D eigenvalue weighted by Gasteiger charge is 2.21. The van der Waals surface area contributed by atoms with Crippen molar-refractivity contribution in [2.75, 3.05) is 19.8 Å². The van der Waals surface area contributed by atoms with Crippen LogP contribution < -0.4 is 14.8 Å². The number of fused-ring (bicyclic) bond motifs is 4. The number of ether oxygens (including phenoxy) is 2. The van der Waals surface area contributed by atoms with Gasteiger partial charge in [0.2, 0.25) is 0 Å². The molecular formula is C14H16N2O2. The van der Waals surface area contributed by atoms with Crippen LogP contribution in [0, 0.1) is 0 Å². The lowest BCUT2D eigenvalue weighted by Crippen LogP contribution is -2.24. The van der Waals surface area contributed by atoms with Crippen molar-refractivity contribution in [2.45, 2.75) is 13.0 Å². The summed E-state index contributed by atoms with van der Waals surface area (Å²) in [6.45, 7) is 3.30. The van der Waals surface area contributed by atoms with Crippen molar-refractivity contribution in [2.24, 2.45) is 7.05 Å². The van der Waals surface area contributed by atoms with Crippen LogP contribution in [0.15, 0.2) is 12.1 Å². The molecule has 0 spiro atoms. The molecule has 0 fully saturated rings. The number of nitrogens with one attached hydrogen (secondary N) is 1. The van der Waals surface area contributed by atoms with Crippen molar-refractivity contribution < 1.29 is 9.47 Å². The Labute approximate surface area is 105 Å². The predicted octanol–water partition coefficient (Wildman–Crippen LogP) is 1.60. The smallest absolute Gasteiger partial charge is 0.163 e. The number of hydrogen-bond acceptors (Lipinski definition) is 3. The van der Waals surface area contributed by atoms with Crippen LogP contribution >= 0.6 is 0 Å². The number of aromatic nitrogens is 1. The Kier molecular flexibility index (Phi) is 2.08. The van der Waals surface area contributed by atoms with Gasteiger partial charge in [0, 0.05) is 43.7 Å². The van der Waals surface area contributed by atoms with E-state index in [1.807, 2.05) is 0 Å². The molecular weight excluding hydrogens is 228 g/mol. The predicted molar refractivity (Wildman–Crippen MR) is 69.3 cm³/mol. The van der Waals surface area contributed by atoms with Crippen molar-refractivity contribution >= 4 is 10.9 Å². The summed E-state index contributed by atoms with van der Waals surface area (Å²) in [5.41, 5.74) is 4.09. The van der Waals surface area contributed by atoms with E-state index in [4.69, 9.17) is 9.47 Å². The first-order valence-corrected chi connectivity index (χ1v) is 6.45. The Bertz CT molecular complexity index is 630. The van der Waals surface area contributed by atoms with Crippen molar-refractivity contribution in [3.05, 3.63) is 23.4 Å². The minimum Gasteiger partial charge on any atom is -0.486 e. The van der Waals surface area contributed by atoms with Crippen LogP contribution in [0.1, 0.15) is 11.3 Å². The zero-order valence-electron chi connectivity index (χ0n) is 10.5. The van der Waals surface area contributed by atoms with E-state index in [9.17, 15) is 0 Å². The van der Waals surface area contributed by atoms with Gasteiger partial charge < -0.3 is 19.4 Å². The number of nitrogens with zero attached hydrogens (tertiary/aromatic N) is 1. The Balaban J connectivity index is 2.02. The highest BCUT2D eigenvalue weighted by molar-refractivity contribution is 5.89. The molecule has 1 aromatic carbocycles. The summed E-state index contributed by atoms with van der Waals surface area (Å²) in [6.07, 6.45) is 1.09. The molecule has 0 saturated carbocycles. The zero-order valence-corrected chi connectivity index (χ0v) is 10.5. The molecule has 0 bridgehead atoms. The second-order valence-electron chi connectivity index (χ2n) is 4.92. The lowest BCUT2D eigenvalue weighted by molar-refractivity contribution is 0.172. The van der Waals surface area contributed by atoms with Gasteiger partial charge in [0.15, 0.2) is 11.5 Å². The summed E-state index contributed by atoms with van der Waals surface area (Å²) in [7, 11) is 2.14. The lowest BCUT2D eigenvalue weighted by Gasteiger charge is -2.18. The van der Waals surface area contributed by atoms with Gasteiger partial charge in [0.25, 0.3) is 0 Å². The van der Waals surface area contributed by atoms with Gasteiger partial charge in [-0.05, 0) is 11.6 Å². The fourth-order valence-corrected chi connectivity index (χ4v) is 3.04. The third-order valence-electron chi connectivity index (χ3n) is 3.94. The molecule has 4 heteroatoms. The molecule has 0 saturated heterocycles. The third-order valence-corrected chi connectivity index (χ3v) is 3.94. The first-order chi connectivity index (χ1) is 8.84. The van der Waals surface area contributed by atoms with Crippen LogP contribution in [-0.4, -0.2) is 24.3 Å². The second-order valence-corrected chi connectivity index (χ2v) is 4.92. The van der Waals surface area contributed by atoms with Crippen LogP contribution in [0.5, 0.6) is 11.5 Å². The van der Waals surface area contributed by atoms with Gasteiger partial charge in [-0.15, -0.1) is 0 Å². The normalized spacial score (nSPS) is 17.8. The molecule has 1 aromatic heterocycles. The standard InChI is InChI=1S/C14H16N2O2/c1-16-11-2-3-15-8-10(11)9-6-13-14(7-12(9)16)18-5-4-17-13/h6-7,15H,2-5,8H2,1H3. The van der Waals surface area contributed by atoms with E-state index in [0.29, 0.717) is 13.2 Å². The highest BCUT2D eigenvalue weighted by atomic mass is 16.6. The number of aryl methyl sites for hydroxylation is 1. The van der Waals surface area contributed by atoms with Crippen LogP contribution in [0.25, 0.3) is 10.9 Å². The first kappa shape index (κ1) is 10.3. The molecule has 4 rings (SSSR count). The number of hydrogen-bond donors (Lipinski definition) is 1. The monoisotopic (exact) mass is 244 g/mol. The van der Waals surface area contributed by atoms with Gasteiger partial charge >= 0.3 is 0 Å². The van der Waals surface area contributed by atoms with E-state index in [-0.39, 0.29) is 0 Å². The molecule has 0 atom stereocenters. The van der Waals surface area contributed by atoms with Crippen LogP contribution in [0.3, 0.4) is 0 Å². The van der Waals surface area contributed by atoms with E-state index in [2.05, 4.69) is 29.1 Å². The van der Waals surface area contributed by atoms with E-state index in [1.165, 1.54) is 22.2 Å². The van der Waals surface area contributed by atoms with Gasteiger partial charge in [-0.25, -0.2) is 0 Å². The van der Waals surface area contributed by atoms with Gasteiger partial charge in [-0.1, -0.05) is 0 Å². The molecule has 3 heterocycles. The minimum absolute atomic E-state index is 0.643. The number of benzene rings is 1. The summed E-state index contributed by atoms with van der Waals surface area (Å²) in [5.74, 6) is 1.76. The largest absolute Gasteiger partial charge is 0.486 e. The molecule has 2 aliphatic rings. The van der Waals surface area contributed by atoms with E-state index in [1.54, 1.807) is 0 Å².